The van der Waals surface area contributed by atoms with E-state index in [2.05, 4.69) is 47.3 Å². The van der Waals surface area contributed by atoms with Crippen molar-refractivity contribution in [2.24, 2.45) is 52.3 Å². The topological polar surface area (TPSA) is 9.23 Å². The van der Waals surface area contributed by atoms with Crippen molar-refractivity contribution in [1.29, 1.82) is 0 Å². The van der Waals surface area contributed by atoms with Crippen LogP contribution in [0.25, 0.3) is 0 Å². The Labute approximate surface area is 194 Å². The van der Waals surface area contributed by atoms with Crippen molar-refractivity contribution in [2.45, 2.75) is 117 Å². The van der Waals surface area contributed by atoms with Crippen molar-refractivity contribution in [3.8, 4) is 0 Å². The minimum absolute atomic E-state index is 0.136. The van der Waals surface area contributed by atoms with Crippen LogP contribution in [-0.2, 0) is 4.74 Å². The first-order chi connectivity index (χ1) is 14.7. The first-order valence-corrected chi connectivity index (χ1v) is 13.8. The summed E-state index contributed by atoms with van der Waals surface area (Å²) < 4.78 is 5.98. The van der Waals surface area contributed by atoms with E-state index < -0.39 is 0 Å². The van der Waals surface area contributed by atoms with Gasteiger partial charge in [-0.2, -0.15) is 0 Å². The number of allylic oxidation sites excluding steroid dienone is 1. The van der Waals surface area contributed by atoms with Crippen molar-refractivity contribution < 1.29 is 4.74 Å². The summed E-state index contributed by atoms with van der Waals surface area (Å²) in [6.45, 7) is 16.8. The predicted molar refractivity (Wildman–Crippen MR) is 133 cm³/mol. The molecule has 4 rings (SSSR count). The van der Waals surface area contributed by atoms with Gasteiger partial charge in [-0.1, -0.05) is 46.6 Å². The minimum atomic E-state index is 0.136. The highest BCUT2D eigenvalue weighted by Gasteiger charge is 2.61. The molecule has 0 radical (unpaired) electrons. The largest absolute Gasteiger partial charge is 0.379 e. The Balaban J connectivity index is 1.45. The van der Waals surface area contributed by atoms with Gasteiger partial charge in [-0.25, -0.2) is 0 Å². The molecule has 31 heavy (non-hydrogen) atoms. The number of ether oxygens (including phenoxy) is 1. The maximum Gasteiger partial charge on any atom is 0.0653 e. The standard InChI is InChI=1S/C30H52O/c1-8-9-21(2)10-11-22(3)25-14-15-26-24-13-12-23-20-28(4,31-7)18-19-29(23,5)27(24)16-17-30(25,26)6/h8,21-27H,1,9-20H2,2-7H3. The van der Waals surface area contributed by atoms with Crippen molar-refractivity contribution in [3.63, 3.8) is 0 Å². The van der Waals surface area contributed by atoms with Crippen LogP contribution in [0.4, 0.5) is 0 Å². The third-order valence-electron chi connectivity index (χ3n) is 11.9. The first-order valence-electron chi connectivity index (χ1n) is 13.8. The number of fused-ring (bicyclic) bond motifs is 5. The van der Waals surface area contributed by atoms with E-state index in [9.17, 15) is 0 Å². The molecule has 1 heteroatoms. The Kier molecular flexibility index (Phi) is 6.78. The van der Waals surface area contributed by atoms with E-state index >= 15 is 0 Å². The zero-order chi connectivity index (χ0) is 22.4. The van der Waals surface area contributed by atoms with Gasteiger partial charge >= 0.3 is 0 Å². The third-order valence-corrected chi connectivity index (χ3v) is 11.9. The summed E-state index contributed by atoms with van der Waals surface area (Å²) in [7, 11) is 1.94. The SMILES string of the molecule is C=CCC(C)CCC(C)C1CCC2C3CCC4CC(C)(OC)CCC4(C)C3CCC12C. The molecule has 0 aromatic rings. The maximum absolute atomic E-state index is 5.98. The molecular formula is C30H52O. The molecule has 4 saturated carbocycles. The van der Waals surface area contributed by atoms with Crippen molar-refractivity contribution in [1.82, 2.24) is 0 Å². The smallest absolute Gasteiger partial charge is 0.0653 e. The molecule has 1 nitrogen and oxygen atoms in total. The number of hydrogen-bond donors (Lipinski definition) is 0. The third kappa shape index (κ3) is 4.08. The molecular weight excluding hydrogens is 376 g/mol. The summed E-state index contributed by atoms with van der Waals surface area (Å²) in [5.41, 5.74) is 1.32. The lowest BCUT2D eigenvalue weighted by molar-refractivity contribution is -0.155. The van der Waals surface area contributed by atoms with Crippen molar-refractivity contribution >= 4 is 0 Å². The molecule has 0 amide bonds. The molecule has 0 heterocycles. The summed E-state index contributed by atoms with van der Waals surface area (Å²) in [6, 6.07) is 0. The molecule has 0 aromatic heterocycles. The molecule has 4 aliphatic rings. The second-order valence-corrected chi connectivity index (χ2v) is 13.4. The molecule has 0 spiro atoms. The van der Waals surface area contributed by atoms with Crippen LogP contribution in [0.2, 0.25) is 0 Å². The highest BCUT2D eigenvalue weighted by atomic mass is 16.5. The Morgan fingerprint density at radius 2 is 1.65 bits per heavy atom. The fraction of sp³-hybridized carbons (Fsp3) is 0.933. The molecule has 0 N–H and O–H groups in total. The molecule has 4 fully saturated rings. The van der Waals surface area contributed by atoms with Gasteiger partial charge in [0.1, 0.15) is 0 Å². The van der Waals surface area contributed by atoms with Crippen LogP contribution in [0.1, 0.15) is 112 Å². The Hall–Kier alpha value is -0.300. The van der Waals surface area contributed by atoms with E-state index in [4.69, 9.17) is 4.74 Å². The Bertz CT molecular complexity index is 640. The van der Waals surface area contributed by atoms with Crippen molar-refractivity contribution in [3.05, 3.63) is 12.7 Å². The van der Waals surface area contributed by atoms with Crippen molar-refractivity contribution in [2.75, 3.05) is 7.11 Å². The van der Waals surface area contributed by atoms with E-state index in [1.807, 2.05) is 7.11 Å². The number of hydrogen-bond acceptors (Lipinski definition) is 1. The molecule has 0 saturated heterocycles. The lowest BCUT2D eigenvalue weighted by atomic mass is 9.43. The average Bonchev–Trinajstić information content (AvgIpc) is 3.10. The van der Waals surface area contributed by atoms with Gasteiger partial charge in [0.2, 0.25) is 0 Å². The van der Waals surface area contributed by atoms with Gasteiger partial charge in [-0.3, -0.25) is 0 Å². The second-order valence-electron chi connectivity index (χ2n) is 13.4. The van der Waals surface area contributed by atoms with Gasteiger partial charge in [-0.05, 0) is 123 Å². The molecule has 0 aromatic carbocycles. The van der Waals surface area contributed by atoms with E-state index in [1.54, 1.807) is 0 Å². The van der Waals surface area contributed by atoms with Gasteiger partial charge in [0.05, 0.1) is 5.60 Å². The molecule has 0 aliphatic heterocycles. The molecule has 178 valence electrons. The molecule has 4 aliphatic carbocycles. The molecule has 10 atom stereocenters. The summed E-state index contributed by atoms with van der Waals surface area (Å²) in [5.74, 6) is 6.53. The Morgan fingerprint density at radius 3 is 2.35 bits per heavy atom. The molecule has 10 unspecified atom stereocenters. The van der Waals surface area contributed by atoms with Crippen LogP contribution in [-0.4, -0.2) is 12.7 Å². The monoisotopic (exact) mass is 428 g/mol. The number of methoxy groups -OCH3 is 1. The van der Waals surface area contributed by atoms with Crippen LogP contribution in [0.5, 0.6) is 0 Å². The maximum atomic E-state index is 5.98. The van der Waals surface area contributed by atoms with E-state index in [-0.39, 0.29) is 5.60 Å². The van der Waals surface area contributed by atoms with E-state index in [0.717, 1.165) is 41.4 Å². The zero-order valence-corrected chi connectivity index (χ0v) is 21.7. The van der Waals surface area contributed by atoms with E-state index in [1.165, 1.54) is 77.0 Å². The summed E-state index contributed by atoms with van der Waals surface area (Å²) >= 11 is 0. The fourth-order valence-corrected chi connectivity index (χ4v) is 9.73. The normalized spacial score (nSPS) is 48.9. The molecule has 0 bridgehead atoms. The first kappa shape index (κ1) is 23.8. The highest BCUT2D eigenvalue weighted by molar-refractivity contribution is 5.10. The van der Waals surface area contributed by atoms with Gasteiger partial charge in [0, 0.05) is 7.11 Å². The quantitative estimate of drug-likeness (QED) is 0.368. The summed E-state index contributed by atoms with van der Waals surface area (Å²) in [5, 5.41) is 0. The average molecular weight is 429 g/mol. The van der Waals surface area contributed by atoms with Gasteiger partial charge in [0.15, 0.2) is 0 Å². The van der Waals surface area contributed by atoms with Crippen LogP contribution < -0.4 is 0 Å². The van der Waals surface area contributed by atoms with Crippen LogP contribution in [0.3, 0.4) is 0 Å². The minimum Gasteiger partial charge on any atom is -0.379 e. The van der Waals surface area contributed by atoms with Gasteiger partial charge in [0.25, 0.3) is 0 Å². The van der Waals surface area contributed by atoms with Gasteiger partial charge < -0.3 is 4.74 Å². The summed E-state index contributed by atoms with van der Waals surface area (Å²) in [6.07, 6.45) is 19.1. The zero-order valence-electron chi connectivity index (χ0n) is 21.7. The Morgan fingerprint density at radius 1 is 0.903 bits per heavy atom. The van der Waals surface area contributed by atoms with Crippen LogP contribution >= 0.6 is 0 Å². The lowest BCUT2D eigenvalue weighted by Gasteiger charge is -2.62. The number of rotatable bonds is 7. The second kappa shape index (κ2) is 8.81. The van der Waals surface area contributed by atoms with E-state index in [0.29, 0.717) is 10.8 Å². The van der Waals surface area contributed by atoms with Gasteiger partial charge in [-0.15, -0.1) is 6.58 Å². The van der Waals surface area contributed by atoms with Crippen LogP contribution in [0.15, 0.2) is 12.7 Å². The highest BCUT2D eigenvalue weighted by Crippen LogP contribution is 2.69. The predicted octanol–water partition coefficient (Wildman–Crippen LogP) is 8.68. The fourth-order valence-electron chi connectivity index (χ4n) is 9.73. The lowest BCUT2D eigenvalue weighted by Crippen LogP contribution is -2.55. The summed E-state index contributed by atoms with van der Waals surface area (Å²) in [4.78, 5) is 0. The van der Waals surface area contributed by atoms with Crippen LogP contribution in [0, 0.1) is 52.3 Å².